The van der Waals surface area contributed by atoms with Crippen molar-refractivity contribution in [2.45, 2.75) is 39.5 Å². The Morgan fingerprint density at radius 1 is 1.11 bits per heavy atom. The minimum absolute atomic E-state index is 0.159. The summed E-state index contributed by atoms with van der Waals surface area (Å²) < 4.78 is 12.8. The summed E-state index contributed by atoms with van der Waals surface area (Å²) in [5, 5.41) is 9.58. The van der Waals surface area contributed by atoms with Gasteiger partial charge in [-0.1, -0.05) is 6.07 Å². The molecule has 3 heterocycles. The van der Waals surface area contributed by atoms with Gasteiger partial charge < -0.3 is 14.8 Å². The first-order valence-corrected chi connectivity index (χ1v) is 12.9. The number of nitrogens with zero attached hydrogens (tertiary/aromatic N) is 3. The fraction of sp³-hybridized carbons (Fsp3) is 0.308. The van der Waals surface area contributed by atoms with Crippen molar-refractivity contribution < 1.29 is 14.3 Å². The number of aryl methyl sites for hydroxylation is 1. The van der Waals surface area contributed by atoms with Crippen molar-refractivity contribution in [2.75, 3.05) is 18.5 Å². The largest absolute Gasteiger partial charge is 0.490 e. The minimum atomic E-state index is -0.349. The van der Waals surface area contributed by atoms with Crippen LogP contribution >= 0.6 is 11.3 Å². The van der Waals surface area contributed by atoms with E-state index in [4.69, 9.17) is 14.5 Å². The number of hydrogen-bond donors (Lipinski definition) is 2. The Morgan fingerprint density at radius 2 is 1.92 bits per heavy atom. The molecular weight excluding hydrogens is 478 g/mol. The van der Waals surface area contributed by atoms with Crippen molar-refractivity contribution in [3.63, 3.8) is 0 Å². The van der Waals surface area contributed by atoms with Crippen molar-refractivity contribution in [3.8, 4) is 28.0 Å². The summed E-state index contributed by atoms with van der Waals surface area (Å²) in [5.41, 5.74) is 2.44. The zero-order valence-corrected chi connectivity index (χ0v) is 21.0. The van der Waals surface area contributed by atoms with Crippen LogP contribution < -0.4 is 20.3 Å². The number of aromatic amines is 1. The molecule has 0 radical (unpaired) electrons. The summed E-state index contributed by atoms with van der Waals surface area (Å²) in [5.74, 6) is 1.41. The van der Waals surface area contributed by atoms with E-state index in [9.17, 15) is 9.59 Å². The third-order valence-electron chi connectivity index (χ3n) is 5.91. The Hall–Kier alpha value is -3.92. The summed E-state index contributed by atoms with van der Waals surface area (Å²) in [6.07, 6.45) is 3.45. The molecule has 0 saturated carbocycles. The molecule has 10 heteroatoms. The highest BCUT2D eigenvalue weighted by Gasteiger charge is 2.21. The molecule has 0 atom stereocenters. The molecule has 0 bridgehead atoms. The van der Waals surface area contributed by atoms with Gasteiger partial charge in [-0.25, -0.2) is 4.98 Å². The highest BCUT2D eigenvalue weighted by Crippen LogP contribution is 2.30. The highest BCUT2D eigenvalue weighted by atomic mass is 32.1. The van der Waals surface area contributed by atoms with E-state index in [0.717, 1.165) is 41.8 Å². The van der Waals surface area contributed by atoms with Gasteiger partial charge in [-0.15, -0.1) is 11.3 Å². The Balaban J connectivity index is 1.53. The maximum Gasteiger partial charge on any atom is 0.256 e. The normalized spacial score (nSPS) is 12.7. The molecule has 0 saturated heterocycles. The molecular formula is C26H27N5O4S. The maximum atomic E-state index is 13.3. The van der Waals surface area contributed by atoms with Crippen molar-refractivity contribution in [3.05, 3.63) is 69.0 Å². The number of fused-ring (bicyclic) bond motifs is 1. The lowest BCUT2D eigenvalue weighted by atomic mass is 9.97. The summed E-state index contributed by atoms with van der Waals surface area (Å²) in [6.45, 7) is 4.70. The van der Waals surface area contributed by atoms with Crippen LogP contribution in [0.15, 0.2) is 46.6 Å². The van der Waals surface area contributed by atoms with Crippen molar-refractivity contribution in [1.82, 2.24) is 19.7 Å². The third kappa shape index (κ3) is 4.76. The number of nitrogens with one attached hydrogen (secondary N) is 2. The van der Waals surface area contributed by atoms with E-state index < -0.39 is 0 Å². The molecule has 2 N–H and O–H groups in total. The first-order valence-electron chi connectivity index (χ1n) is 12.0. The molecule has 0 aliphatic heterocycles. The molecule has 186 valence electrons. The van der Waals surface area contributed by atoms with Crippen molar-refractivity contribution >= 4 is 23.1 Å². The number of carbonyl (C=O) groups excluding carboxylic acids is 1. The molecule has 9 nitrogen and oxygen atoms in total. The first-order chi connectivity index (χ1) is 17.6. The second-order valence-corrected chi connectivity index (χ2v) is 9.26. The molecule has 1 aromatic carbocycles. The zero-order valence-electron chi connectivity index (χ0n) is 20.2. The van der Waals surface area contributed by atoms with Gasteiger partial charge >= 0.3 is 0 Å². The number of thiophene rings is 1. The number of carbonyl (C=O) groups is 1. The number of anilines is 1. The van der Waals surface area contributed by atoms with Crippen LogP contribution in [0, 0.1) is 0 Å². The van der Waals surface area contributed by atoms with Gasteiger partial charge in [-0.2, -0.15) is 9.78 Å². The van der Waals surface area contributed by atoms with E-state index in [1.165, 1.54) is 16.0 Å². The van der Waals surface area contributed by atoms with Gasteiger partial charge in [0, 0.05) is 17.2 Å². The molecule has 5 rings (SSSR count). The lowest BCUT2D eigenvalue weighted by molar-refractivity contribution is 0.102. The standard InChI is InChI=1S/C26H27N5O4S/c1-3-34-20-12-11-16(14-21(20)35-4-2)24(32)28-23-15-19(22-10-7-13-36-22)30-31(23)26-27-18-9-6-5-8-17(18)25(33)29-26/h7,10-15H,3-6,8-9H2,1-2H3,(H,28,32)(H,27,29,33). The second kappa shape index (κ2) is 10.4. The predicted molar refractivity (Wildman–Crippen MR) is 139 cm³/mol. The Morgan fingerprint density at radius 3 is 2.69 bits per heavy atom. The summed E-state index contributed by atoms with van der Waals surface area (Å²) in [6, 6.07) is 10.7. The van der Waals surface area contributed by atoms with Crippen LogP contribution in [0.25, 0.3) is 16.5 Å². The topological polar surface area (TPSA) is 111 Å². The van der Waals surface area contributed by atoms with Crippen LogP contribution in [0.3, 0.4) is 0 Å². The average Bonchev–Trinajstić information content (AvgIpc) is 3.56. The SMILES string of the molecule is CCOc1ccc(C(=O)Nc2cc(-c3cccs3)nn2-c2nc3c(c(=O)[nH]2)CCCC3)cc1OCC. The third-order valence-corrected chi connectivity index (χ3v) is 6.80. The monoisotopic (exact) mass is 505 g/mol. The Bertz CT molecular complexity index is 1440. The Labute approximate surface area is 212 Å². The number of rotatable bonds is 8. The van der Waals surface area contributed by atoms with Crippen molar-refractivity contribution in [1.29, 1.82) is 0 Å². The number of amides is 1. The second-order valence-electron chi connectivity index (χ2n) is 8.31. The van der Waals surface area contributed by atoms with Gasteiger partial charge in [0.25, 0.3) is 11.5 Å². The van der Waals surface area contributed by atoms with Gasteiger partial charge in [0.05, 0.1) is 23.8 Å². The van der Waals surface area contributed by atoms with Crippen LogP contribution in [0.4, 0.5) is 5.82 Å². The van der Waals surface area contributed by atoms with Crippen LogP contribution in [-0.4, -0.2) is 38.9 Å². The molecule has 4 aromatic rings. The molecule has 1 amide bonds. The first kappa shape index (κ1) is 23.8. The lowest BCUT2D eigenvalue weighted by Crippen LogP contribution is -2.24. The minimum Gasteiger partial charge on any atom is -0.490 e. The van der Waals surface area contributed by atoms with Gasteiger partial charge in [0.15, 0.2) is 11.5 Å². The smallest absolute Gasteiger partial charge is 0.256 e. The average molecular weight is 506 g/mol. The quantitative estimate of drug-likeness (QED) is 0.362. The van der Waals surface area contributed by atoms with E-state index in [1.54, 1.807) is 24.3 Å². The Kier molecular flexibility index (Phi) is 6.86. The van der Waals surface area contributed by atoms with Crippen molar-refractivity contribution in [2.24, 2.45) is 0 Å². The maximum absolute atomic E-state index is 13.3. The van der Waals surface area contributed by atoms with Gasteiger partial charge in [-0.05, 0) is 69.2 Å². The predicted octanol–water partition coefficient (Wildman–Crippen LogP) is 4.61. The molecule has 0 fully saturated rings. The number of hydrogen-bond acceptors (Lipinski definition) is 7. The molecule has 3 aromatic heterocycles. The lowest BCUT2D eigenvalue weighted by Gasteiger charge is -2.15. The number of aromatic nitrogens is 4. The molecule has 1 aliphatic carbocycles. The van der Waals surface area contributed by atoms with E-state index in [2.05, 4.69) is 15.4 Å². The van der Waals surface area contributed by atoms with Gasteiger partial charge in [-0.3, -0.25) is 14.6 Å². The summed E-state index contributed by atoms with van der Waals surface area (Å²) in [4.78, 5) is 34.6. The van der Waals surface area contributed by atoms with E-state index in [0.29, 0.717) is 41.8 Å². The van der Waals surface area contributed by atoms with Gasteiger partial charge in [0.1, 0.15) is 11.5 Å². The molecule has 0 unspecified atom stereocenters. The number of benzene rings is 1. The number of ether oxygens (including phenoxy) is 2. The van der Waals surface area contributed by atoms with Crippen LogP contribution in [-0.2, 0) is 12.8 Å². The van der Waals surface area contributed by atoms with E-state index in [1.807, 2.05) is 31.4 Å². The fourth-order valence-corrected chi connectivity index (χ4v) is 4.93. The van der Waals surface area contributed by atoms with Crippen LogP contribution in [0.1, 0.15) is 48.3 Å². The molecule has 1 aliphatic rings. The van der Waals surface area contributed by atoms with E-state index >= 15 is 0 Å². The van der Waals surface area contributed by atoms with Crippen LogP contribution in [0.2, 0.25) is 0 Å². The van der Waals surface area contributed by atoms with E-state index in [-0.39, 0.29) is 17.4 Å². The van der Waals surface area contributed by atoms with Crippen LogP contribution in [0.5, 0.6) is 11.5 Å². The number of H-pyrrole nitrogens is 1. The summed E-state index contributed by atoms with van der Waals surface area (Å²) in [7, 11) is 0. The highest BCUT2D eigenvalue weighted by molar-refractivity contribution is 7.13. The fourth-order valence-electron chi connectivity index (χ4n) is 4.25. The summed E-state index contributed by atoms with van der Waals surface area (Å²) >= 11 is 1.54. The molecule has 0 spiro atoms. The zero-order chi connectivity index (χ0) is 25.1. The molecule has 36 heavy (non-hydrogen) atoms. The van der Waals surface area contributed by atoms with Gasteiger partial charge in [0.2, 0.25) is 5.95 Å².